The van der Waals surface area contributed by atoms with E-state index >= 15 is 0 Å². The second kappa shape index (κ2) is 6.61. The van der Waals surface area contributed by atoms with Crippen molar-refractivity contribution in [3.05, 3.63) is 28.8 Å². The number of carbonyl (C=O) groups is 2. The van der Waals surface area contributed by atoms with E-state index in [1.807, 2.05) is 32.9 Å². The fourth-order valence-electron chi connectivity index (χ4n) is 1.99. The molecule has 2 amide bonds. The molecule has 0 spiro atoms. The summed E-state index contributed by atoms with van der Waals surface area (Å²) in [4.78, 5) is 23.0. The standard InChI is InChI=1S/C16H24N2O3/c1-10-6-11(2)14(12(3)7-10)21-8-13(19)18-9-16(4,5)15(17)20/h6-7H,8-9H2,1-5H3,(H2,17,20)(H,18,19). The van der Waals surface area contributed by atoms with Crippen LogP contribution in [0.5, 0.6) is 5.75 Å². The first kappa shape index (κ1) is 17.0. The lowest BCUT2D eigenvalue weighted by atomic mass is 9.93. The molecule has 1 aromatic carbocycles. The largest absolute Gasteiger partial charge is 0.483 e. The van der Waals surface area contributed by atoms with Crippen LogP contribution in [0.25, 0.3) is 0 Å². The van der Waals surface area contributed by atoms with Crippen molar-refractivity contribution in [2.75, 3.05) is 13.2 Å². The predicted molar refractivity (Wildman–Crippen MR) is 82.1 cm³/mol. The van der Waals surface area contributed by atoms with Gasteiger partial charge in [-0.2, -0.15) is 0 Å². The van der Waals surface area contributed by atoms with Gasteiger partial charge in [0.05, 0.1) is 5.41 Å². The van der Waals surface area contributed by atoms with Crippen molar-refractivity contribution in [2.24, 2.45) is 11.1 Å². The highest BCUT2D eigenvalue weighted by Gasteiger charge is 2.25. The van der Waals surface area contributed by atoms with Crippen molar-refractivity contribution in [1.29, 1.82) is 0 Å². The van der Waals surface area contributed by atoms with Gasteiger partial charge in [0.15, 0.2) is 6.61 Å². The van der Waals surface area contributed by atoms with Gasteiger partial charge in [-0.15, -0.1) is 0 Å². The van der Waals surface area contributed by atoms with E-state index in [0.717, 1.165) is 22.4 Å². The van der Waals surface area contributed by atoms with E-state index in [0.29, 0.717) is 0 Å². The maximum Gasteiger partial charge on any atom is 0.257 e. The van der Waals surface area contributed by atoms with E-state index in [4.69, 9.17) is 10.5 Å². The molecule has 0 radical (unpaired) electrons. The first-order valence-corrected chi connectivity index (χ1v) is 6.91. The minimum absolute atomic E-state index is 0.0837. The minimum Gasteiger partial charge on any atom is -0.483 e. The second-order valence-corrected chi connectivity index (χ2v) is 6.04. The van der Waals surface area contributed by atoms with Crippen LogP contribution in [0, 0.1) is 26.2 Å². The van der Waals surface area contributed by atoms with Crippen LogP contribution in [0.2, 0.25) is 0 Å². The molecule has 0 fully saturated rings. The molecule has 1 aromatic rings. The SMILES string of the molecule is Cc1cc(C)c(OCC(=O)NCC(C)(C)C(N)=O)c(C)c1. The van der Waals surface area contributed by atoms with E-state index in [1.165, 1.54) is 0 Å². The molecule has 0 atom stereocenters. The Morgan fingerprint density at radius 2 is 1.71 bits per heavy atom. The molecule has 0 aliphatic carbocycles. The Balaban J connectivity index is 2.57. The molecule has 116 valence electrons. The maximum absolute atomic E-state index is 11.8. The number of aryl methyl sites for hydroxylation is 3. The van der Waals surface area contributed by atoms with E-state index in [1.54, 1.807) is 13.8 Å². The number of nitrogens with one attached hydrogen (secondary N) is 1. The average molecular weight is 292 g/mol. The molecule has 21 heavy (non-hydrogen) atoms. The zero-order valence-electron chi connectivity index (χ0n) is 13.4. The number of benzene rings is 1. The highest BCUT2D eigenvalue weighted by atomic mass is 16.5. The molecular formula is C16H24N2O3. The molecule has 0 aromatic heterocycles. The summed E-state index contributed by atoms with van der Waals surface area (Å²) < 4.78 is 5.58. The Morgan fingerprint density at radius 1 is 1.19 bits per heavy atom. The fraction of sp³-hybridized carbons (Fsp3) is 0.500. The summed E-state index contributed by atoms with van der Waals surface area (Å²) >= 11 is 0. The third-order valence-electron chi connectivity index (χ3n) is 3.35. The van der Waals surface area contributed by atoms with Crippen molar-refractivity contribution in [3.8, 4) is 5.75 Å². The number of rotatable bonds is 6. The highest BCUT2D eigenvalue weighted by Crippen LogP contribution is 2.24. The van der Waals surface area contributed by atoms with Crippen molar-refractivity contribution in [3.63, 3.8) is 0 Å². The number of hydrogen-bond donors (Lipinski definition) is 2. The molecule has 3 N–H and O–H groups in total. The Kier molecular flexibility index (Phi) is 5.35. The quantitative estimate of drug-likeness (QED) is 0.836. The number of ether oxygens (including phenoxy) is 1. The van der Waals surface area contributed by atoms with Crippen molar-refractivity contribution < 1.29 is 14.3 Å². The summed E-state index contributed by atoms with van der Waals surface area (Å²) in [5.41, 5.74) is 7.63. The van der Waals surface area contributed by atoms with Crippen LogP contribution in [-0.2, 0) is 9.59 Å². The number of amides is 2. The zero-order chi connectivity index (χ0) is 16.2. The van der Waals surface area contributed by atoms with Crippen LogP contribution >= 0.6 is 0 Å². The monoisotopic (exact) mass is 292 g/mol. The molecule has 0 heterocycles. The smallest absolute Gasteiger partial charge is 0.257 e. The van der Waals surface area contributed by atoms with Crippen LogP contribution in [0.15, 0.2) is 12.1 Å². The van der Waals surface area contributed by atoms with Gasteiger partial charge in [0.25, 0.3) is 5.91 Å². The first-order chi connectivity index (χ1) is 9.63. The van der Waals surface area contributed by atoms with Gasteiger partial charge in [0.2, 0.25) is 5.91 Å². The normalized spacial score (nSPS) is 11.1. The van der Waals surface area contributed by atoms with Gasteiger partial charge in [-0.25, -0.2) is 0 Å². The lowest BCUT2D eigenvalue weighted by molar-refractivity contribution is -0.127. The van der Waals surface area contributed by atoms with Gasteiger partial charge >= 0.3 is 0 Å². The summed E-state index contributed by atoms with van der Waals surface area (Å²) in [6.45, 7) is 9.39. The predicted octanol–water partition coefficient (Wildman–Crippen LogP) is 1.62. The Bertz CT molecular complexity index is 527. The Labute approximate surface area is 125 Å². The number of carbonyl (C=O) groups excluding carboxylic acids is 2. The third kappa shape index (κ3) is 4.77. The summed E-state index contributed by atoms with van der Waals surface area (Å²) in [7, 11) is 0. The molecule has 0 saturated carbocycles. The highest BCUT2D eigenvalue weighted by molar-refractivity contribution is 5.82. The van der Waals surface area contributed by atoms with Gasteiger partial charge in [0.1, 0.15) is 5.75 Å². The van der Waals surface area contributed by atoms with Gasteiger partial charge < -0.3 is 15.8 Å². The van der Waals surface area contributed by atoms with Crippen molar-refractivity contribution in [1.82, 2.24) is 5.32 Å². The van der Waals surface area contributed by atoms with Crippen LogP contribution < -0.4 is 15.8 Å². The minimum atomic E-state index is -0.772. The molecule has 0 aliphatic rings. The van der Waals surface area contributed by atoms with Gasteiger partial charge in [-0.1, -0.05) is 17.7 Å². The van der Waals surface area contributed by atoms with Crippen LogP contribution in [-0.4, -0.2) is 25.0 Å². The van der Waals surface area contributed by atoms with E-state index in [9.17, 15) is 9.59 Å². The zero-order valence-corrected chi connectivity index (χ0v) is 13.4. The number of primary amides is 1. The van der Waals surface area contributed by atoms with Gasteiger partial charge in [-0.3, -0.25) is 9.59 Å². The van der Waals surface area contributed by atoms with Crippen LogP contribution in [0.4, 0.5) is 0 Å². The molecule has 5 nitrogen and oxygen atoms in total. The number of nitrogens with two attached hydrogens (primary N) is 1. The topological polar surface area (TPSA) is 81.4 Å². The van der Waals surface area contributed by atoms with Crippen LogP contribution in [0.3, 0.4) is 0 Å². The average Bonchev–Trinajstić information content (AvgIpc) is 2.35. The fourth-order valence-corrected chi connectivity index (χ4v) is 1.99. The molecule has 1 rings (SSSR count). The van der Waals surface area contributed by atoms with E-state index in [2.05, 4.69) is 5.32 Å². The van der Waals surface area contributed by atoms with Crippen molar-refractivity contribution in [2.45, 2.75) is 34.6 Å². The summed E-state index contributed by atoms with van der Waals surface area (Å²) in [5.74, 6) is 0.00236. The van der Waals surface area contributed by atoms with Crippen LogP contribution in [0.1, 0.15) is 30.5 Å². The lowest BCUT2D eigenvalue weighted by Crippen LogP contribution is -2.43. The molecule has 0 unspecified atom stereocenters. The van der Waals surface area contributed by atoms with Gasteiger partial charge in [-0.05, 0) is 45.7 Å². The molecule has 0 saturated heterocycles. The van der Waals surface area contributed by atoms with Gasteiger partial charge in [0, 0.05) is 6.54 Å². The third-order valence-corrected chi connectivity index (χ3v) is 3.35. The summed E-state index contributed by atoms with van der Waals surface area (Å²) in [6, 6.07) is 4.02. The van der Waals surface area contributed by atoms with E-state index < -0.39 is 11.3 Å². The van der Waals surface area contributed by atoms with E-state index in [-0.39, 0.29) is 19.1 Å². The lowest BCUT2D eigenvalue weighted by Gasteiger charge is -2.21. The molecular weight excluding hydrogens is 268 g/mol. The van der Waals surface area contributed by atoms with Crippen molar-refractivity contribution >= 4 is 11.8 Å². The Morgan fingerprint density at radius 3 is 2.19 bits per heavy atom. The molecule has 5 heteroatoms. The molecule has 0 bridgehead atoms. The second-order valence-electron chi connectivity index (χ2n) is 6.04. The first-order valence-electron chi connectivity index (χ1n) is 6.91. The molecule has 0 aliphatic heterocycles. The Hall–Kier alpha value is -2.04. The number of hydrogen-bond acceptors (Lipinski definition) is 3. The summed E-state index contributed by atoms with van der Waals surface area (Å²) in [6.07, 6.45) is 0. The summed E-state index contributed by atoms with van der Waals surface area (Å²) in [5, 5.41) is 2.66. The maximum atomic E-state index is 11.8.